The molecule has 0 aliphatic rings. The average molecular weight is 225 g/mol. The molecule has 1 unspecified atom stereocenters. The number of hydrogen-bond acceptors (Lipinski definition) is 4. The van der Waals surface area contributed by atoms with Crippen LogP contribution in [-0.4, -0.2) is 24.1 Å². The van der Waals surface area contributed by atoms with Gasteiger partial charge >= 0.3 is 0 Å². The maximum Gasteiger partial charge on any atom is 0.0630 e. The molecule has 0 aromatic carbocycles. The van der Waals surface area contributed by atoms with Gasteiger partial charge < -0.3 is 11.1 Å². The molecule has 84 valence electrons. The van der Waals surface area contributed by atoms with E-state index in [-0.39, 0.29) is 6.04 Å². The van der Waals surface area contributed by atoms with E-state index in [1.165, 1.54) is 0 Å². The fourth-order valence-corrected chi connectivity index (χ4v) is 1.94. The highest BCUT2D eigenvalue weighted by molar-refractivity contribution is 7.99. The minimum atomic E-state index is 0.199. The second kappa shape index (κ2) is 8.39. The highest BCUT2D eigenvalue weighted by Gasteiger charge is 2.08. The number of nitriles is 1. The predicted octanol–water partition coefficient (Wildman–Crippen LogP) is 1.64. The normalized spacial score (nSPS) is 11.5. The Balaban J connectivity index is 3.90. The monoisotopic (exact) mass is 225 g/mol. The zero-order valence-electron chi connectivity index (χ0n) is 9.25. The van der Waals surface area contributed by atoms with E-state index in [9.17, 15) is 0 Å². The lowest BCUT2D eigenvalue weighted by Gasteiger charge is -2.20. The van der Waals surface area contributed by atoms with Crippen molar-refractivity contribution in [2.24, 2.45) is 5.73 Å². The van der Waals surface area contributed by atoms with E-state index in [1.807, 2.05) is 6.92 Å². The van der Waals surface area contributed by atoms with Crippen LogP contribution in [0.25, 0.3) is 0 Å². The van der Waals surface area contributed by atoms with Crippen molar-refractivity contribution in [3.8, 4) is 6.07 Å². The van der Waals surface area contributed by atoms with Gasteiger partial charge in [0.1, 0.15) is 0 Å². The lowest BCUT2D eigenvalue weighted by molar-refractivity contribution is 0.693. The molecule has 0 heterocycles. The van der Waals surface area contributed by atoms with Gasteiger partial charge in [-0.2, -0.15) is 17.0 Å². The van der Waals surface area contributed by atoms with Gasteiger partial charge in [-0.1, -0.05) is 18.7 Å². The van der Waals surface area contributed by atoms with Crippen molar-refractivity contribution in [1.82, 2.24) is 5.32 Å². The molecule has 0 amide bonds. The summed E-state index contributed by atoms with van der Waals surface area (Å²) in [6.07, 6.45) is 0.589. The van der Waals surface area contributed by atoms with E-state index in [0.717, 1.165) is 22.8 Å². The number of thioether (sulfide) groups is 1. The van der Waals surface area contributed by atoms with Gasteiger partial charge in [0.05, 0.1) is 12.1 Å². The molecule has 0 aromatic rings. The Morgan fingerprint density at radius 3 is 2.73 bits per heavy atom. The molecule has 0 saturated heterocycles. The van der Waals surface area contributed by atoms with Crippen molar-refractivity contribution in [2.45, 2.75) is 19.4 Å². The maximum absolute atomic E-state index is 8.40. The van der Waals surface area contributed by atoms with Crippen LogP contribution in [0.5, 0.6) is 0 Å². The average Bonchev–Trinajstić information content (AvgIpc) is 2.21. The van der Waals surface area contributed by atoms with E-state index in [2.05, 4.69) is 24.5 Å². The molecule has 0 spiro atoms. The van der Waals surface area contributed by atoms with E-state index < -0.39 is 0 Å². The predicted molar refractivity (Wildman–Crippen MR) is 67.5 cm³/mol. The van der Waals surface area contributed by atoms with Gasteiger partial charge in [0.25, 0.3) is 0 Å². The molecule has 3 nitrogen and oxygen atoms in total. The first-order chi connectivity index (χ1) is 7.11. The first-order valence-corrected chi connectivity index (χ1v) is 6.01. The van der Waals surface area contributed by atoms with Gasteiger partial charge in [-0.05, 0) is 6.92 Å². The van der Waals surface area contributed by atoms with Crippen LogP contribution in [0, 0.1) is 11.3 Å². The lowest BCUT2D eigenvalue weighted by atomic mass is 10.2. The van der Waals surface area contributed by atoms with E-state index in [1.54, 1.807) is 11.8 Å². The fourth-order valence-electron chi connectivity index (χ4n) is 0.931. The molecular formula is C11H19N3S. The summed E-state index contributed by atoms with van der Waals surface area (Å²) >= 11 is 1.74. The topological polar surface area (TPSA) is 61.8 Å². The molecule has 0 aromatic heterocycles. The summed E-state index contributed by atoms with van der Waals surface area (Å²) < 4.78 is 0. The minimum absolute atomic E-state index is 0.199. The molecule has 1 atom stereocenters. The second-order valence-electron chi connectivity index (χ2n) is 3.33. The van der Waals surface area contributed by atoms with Crippen molar-refractivity contribution in [3.63, 3.8) is 0 Å². The van der Waals surface area contributed by atoms with Crippen LogP contribution < -0.4 is 11.1 Å². The van der Waals surface area contributed by atoms with Crippen LogP contribution in [-0.2, 0) is 0 Å². The van der Waals surface area contributed by atoms with Crippen LogP contribution in [0.2, 0.25) is 0 Å². The van der Waals surface area contributed by atoms with Crippen LogP contribution in [0.3, 0.4) is 0 Å². The van der Waals surface area contributed by atoms with Gasteiger partial charge in [-0.15, -0.1) is 0 Å². The Kier molecular flexibility index (Phi) is 7.88. The van der Waals surface area contributed by atoms with Crippen LogP contribution in [0.15, 0.2) is 24.4 Å². The molecular weight excluding hydrogens is 206 g/mol. The Morgan fingerprint density at radius 2 is 2.27 bits per heavy atom. The van der Waals surface area contributed by atoms with Gasteiger partial charge in [0.15, 0.2) is 0 Å². The third-order valence-electron chi connectivity index (χ3n) is 1.86. The number of nitrogens with two attached hydrogens (primary N) is 1. The lowest BCUT2D eigenvalue weighted by Crippen LogP contribution is -2.33. The van der Waals surface area contributed by atoms with Crippen molar-refractivity contribution in [1.29, 1.82) is 5.26 Å². The third kappa shape index (κ3) is 7.06. The molecule has 0 rings (SSSR count). The fraction of sp³-hybridized carbons (Fsp3) is 0.545. The molecule has 0 bridgehead atoms. The van der Waals surface area contributed by atoms with E-state index in [0.29, 0.717) is 13.0 Å². The summed E-state index contributed by atoms with van der Waals surface area (Å²) in [5, 5.41) is 11.6. The number of nitrogens with one attached hydrogen (secondary N) is 1. The highest BCUT2D eigenvalue weighted by atomic mass is 32.2. The van der Waals surface area contributed by atoms with Crippen molar-refractivity contribution in [3.05, 3.63) is 24.4 Å². The standard InChI is InChI=1S/C11H19N3S/c1-9(2)11(14-10(3)7-13)8-15-6-4-5-12/h11,14H,1,3-4,6-8,13H2,2H3. The zero-order chi connectivity index (χ0) is 11.7. The molecule has 0 fully saturated rings. The van der Waals surface area contributed by atoms with Crippen molar-refractivity contribution in [2.75, 3.05) is 18.1 Å². The molecule has 0 aliphatic carbocycles. The maximum atomic E-state index is 8.40. The Morgan fingerprint density at radius 1 is 1.60 bits per heavy atom. The summed E-state index contributed by atoms with van der Waals surface area (Å²) in [5.41, 5.74) is 7.34. The summed E-state index contributed by atoms with van der Waals surface area (Å²) in [5.74, 6) is 1.76. The van der Waals surface area contributed by atoms with Gasteiger partial charge in [0, 0.05) is 30.2 Å². The Bertz CT molecular complexity index is 255. The number of hydrogen-bond donors (Lipinski definition) is 2. The van der Waals surface area contributed by atoms with Gasteiger partial charge in [-0.3, -0.25) is 0 Å². The Labute approximate surface area is 96.4 Å². The van der Waals surface area contributed by atoms with Crippen molar-refractivity contribution < 1.29 is 0 Å². The highest BCUT2D eigenvalue weighted by Crippen LogP contribution is 2.10. The number of nitrogens with zero attached hydrogens (tertiary/aromatic N) is 1. The van der Waals surface area contributed by atoms with Crippen LogP contribution in [0.1, 0.15) is 13.3 Å². The summed E-state index contributed by atoms with van der Waals surface area (Å²) in [6, 6.07) is 2.32. The molecule has 4 heteroatoms. The van der Waals surface area contributed by atoms with Crippen LogP contribution >= 0.6 is 11.8 Å². The first-order valence-electron chi connectivity index (χ1n) is 4.86. The Hall–Kier alpha value is -0.920. The summed E-state index contributed by atoms with van der Waals surface area (Å²) in [4.78, 5) is 0. The van der Waals surface area contributed by atoms with Crippen LogP contribution in [0.4, 0.5) is 0 Å². The largest absolute Gasteiger partial charge is 0.380 e. The smallest absolute Gasteiger partial charge is 0.0630 e. The molecule has 0 radical (unpaired) electrons. The first kappa shape index (κ1) is 14.1. The molecule has 3 N–H and O–H groups in total. The SMILES string of the molecule is C=C(CN)NC(CSCCC#N)C(=C)C. The number of rotatable bonds is 8. The second-order valence-corrected chi connectivity index (χ2v) is 4.48. The van der Waals surface area contributed by atoms with Crippen molar-refractivity contribution >= 4 is 11.8 Å². The minimum Gasteiger partial charge on any atom is -0.380 e. The zero-order valence-corrected chi connectivity index (χ0v) is 10.1. The van der Waals surface area contributed by atoms with E-state index >= 15 is 0 Å². The van der Waals surface area contributed by atoms with E-state index in [4.69, 9.17) is 11.0 Å². The summed E-state index contributed by atoms with van der Waals surface area (Å²) in [6.45, 7) is 10.1. The third-order valence-corrected chi connectivity index (χ3v) is 2.92. The quantitative estimate of drug-likeness (QED) is 0.487. The molecule has 0 aliphatic heterocycles. The molecule has 0 saturated carbocycles. The summed E-state index contributed by atoms with van der Waals surface area (Å²) in [7, 11) is 0. The van der Waals surface area contributed by atoms with Gasteiger partial charge in [-0.25, -0.2) is 0 Å². The molecule has 15 heavy (non-hydrogen) atoms. The van der Waals surface area contributed by atoms with Gasteiger partial charge in [0.2, 0.25) is 0 Å².